The third-order valence-corrected chi connectivity index (χ3v) is 7.61. The van der Waals surface area contributed by atoms with Crippen LogP contribution in [0.15, 0.2) is 36.7 Å². The van der Waals surface area contributed by atoms with E-state index in [1.54, 1.807) is 11.0 Å². The molecule has 3 aliphatic rings. The van der Waals surface area contributed by atoms with Gasteiger partial charge in [-0.25, -0.2) is 9.97 Å². The number of β-amino-alcohol motifs (C(OH)–C–C–N with tert-alkyl or cyclic N) is 1. The zero-order chi connectivity index (χ0) is 23.5. The van der Waals surface area contributed by atoms with E-state index in [2.05, 4.69) is 50.5 Å². The summed E-state index contributed by atoms with van der Waals surface area (Å²) in [5, 5.41) is 23.4. The van der Waals surface area contributed by atoms with Gasteiger partial charge in [0.15, 0.2) is 0 Å². The Labute approximate surface area is 200 Å². The van der Waals surface area contributed by atoms with E-state index in [1.807, 2.05) is 0 Å². The molecule has 2 atom stereocenters. The number of carbonyl (C=O) groups excluding carboxylic acids is 1. The van der Waals surface area contributed by atoms with Gasteiger partial charge < -0.3 is 15.3 Å². The number of aromatic nitrogens is 2. The van der Waals surface area contributed by atoms with Crippen LogP contribution in [-0.4, -0.2) is 68.6 Å². The van der Waals surface area contributed by atoms with Gasteiger partial charge in [-0.05, 0) is 49.7 Å². The third kappa shape index (κ3) is 4.91. The highest BCUT2D eigenvalue weighted by Gasteiger charge is 2.35. The molecule has 2 aliphatic heterocycles. The number of nitrogens with zero attached hydrogens (tertiary/aromatic N) is 5. The van der Waals surface area contributed by atoms with Crippen LogP contribution in [0.4, 0.5) is 5.82 Å². The summed E-state index contributed by atoms with van der Waals surface area (Å²) in [4.78, 5) is 25.7. The minimum atomic E-state index is -0.585. The Balaban J connectivity index is 1.18. The average Bonchev–Trinajstić information content (AvgIpc) is 2.88. The Morgan fingerprint density at radius 1 is 1.09 bits per heavy atom. The second kappa shape index (κ2) is 10.1. The van der Waals surface area contributed by atoms with Gasteiger partial charge in [-0.3, -0.25) is 9.69 Å². The molecule has 5 rings (SSSR count). The fourth-order valence-electron chi connectivity index (χ4n) is 5.62. The summed E-state index contributed by atoms with van der Waals surface area (Å²) >= 11 is 0. The van der Waals surface area contributed by atoms with Crippen molar-refractivity contribution in [3.8, 4) is 6.07 Å². The van der Waals surface area contributed by atoms with Crippen LogP contribution >= 0.6 is 0 Å². The van der Waals surface area contributed by atoms with Crippen LogP contribution in [-0.2, 0) is 13.0 Å². The lowest BCUT2D eigenvalue weighted by Crippen LogP contribution is -2.56. The van der Waals surface area contributed by atoms with Crippen molar-refractivity contribution in [2.45, 2.75) is 63.3 Å². The van der Waals surface area contributed by atoms with Gasteiger partial charge in [0.2, 0.25) is 0 Å². The number of rotatable bonds is 4. The van der Waals surface area contributed by atoms with Crippen molar-refractivity contribution in [3.63, 3.8) is 0 Å². The first-order chi connectivity index (χ1) is 16.6. The van der Waals surface area contributed by atoms with E-state index < -0.39 is 6.10 Å². The molecule has 2 unspecified atom stereocenters. The van der Waals surface area contributed by atoms with Crippen LogP contribution in [0.1, 0.15) is 53.7 Å². The first kappa shape index (κ1) is 22.8. The number of likely N-dealkylation sites (tertiary alicyclic amines) is 1. The number of aliphatic hydroxyl groups is 1. The fourth-order valence-corrected chi connectivity index (χ4v) is 5.62. The predicted octanol–water partition coefficient (Wildman–Crippen LogP) is 2.60. The molecule has 1 aromatic carbocycles. The van der Waals surface area contributed by atoms with Crippen molar-refractivity contribution in [1.29, 1.82) is 5.26 Å². The topological polar surface area (TPSA) is 105 Å². The van der Waals surface area contributed by atoms with E-state index in [9.17, 15) is 9.90 Å². The summed E-state index contributed by atoms with van der Waals surface area (Å²) in [6, 6.07) is 12.9. The summed E-state index contributed by atoms with van der Waals surface area (Å²) < 4.78 is 0. The lowest BCUT2D eigenvalue weighted by Gasteiger charge is -2.43. The average molecular weight is 461 g/mol. The number of anilines is 1. The first-order valence-electron chi connectivity index (χ1n) is 12.4. The van der Waals surface area contributed by atoms with Gasteiger partial charge in [0.1, 0.15) is 17.8 Å². The summed E-state index contributed by atoms with van der Waals surface area (Å²) in [7, 11) is 0. The molecule has 2 N–H and O–H groups in total. The minimum absolute atomic E-state index is 0.0589. The van der Waals surface area contributed by atoms with Gasteiger partial charge in [0, 0.05) is 50.2 Å². The molecule has 178 valence electrons. The van der Waals surface area contributed by atoms with Crippen LogP contribution in [0, 0.1) is 17.2 Å². The lowest BCUT2D eigenvalue weighted by atomic mass is 9.87. The second-order valence-electron chi connectivity index (χ2n) is 9.77. The summed E-state index contributed by atoms with van der Waals surface area (Å²) in [6.45, 7) is 2.70. The largest absolute Gasteiger partial charge is 0.390 e. The Bertz CT molecular complexity index is 1060. The molecule has 1 aromatic heterocycles. The minimum Gasteiger partial charge on any atom is -0.390 e. The number of nitriles is 1. The van der Waals surface area contributed by atoms with Crippen molar-refractivity contribution in [2.75, 3.05) is 25.0 Å². The molecule has 1 aliphatic carbocycles. The zero-order valence-corrected chi connectivity index (χ0v) is 19.4. The molecule has 1 saturated carbocycles. The maximum absolute atomic E-state index is 13.2. The number of nitrogens with one attached hydrogen (secondary N) is 1. The van der Waals surface area contributed by atoms with Crippen LogP contribution in [0.3, 0.4) is 0 Å². The van der Waals surface area contributed by atoms with E-state index in [0.29, 0.717) is 24.6 Å². The highest BCUT2D eigenvalue weighted by molar-refractivity contribution is 5.93. The number of benzene rings is 1. The van der Waals surface area contributed by atoms with Crippen molar-refractivity contribution in [1.82, 2.24) is 19.8 Å². The Morgan fingerprint density at radius 3 is 2.65 bits per heavy atom. The summed E-state index contributed by atoms with van der Waals surface area (Å²) in [5.41, 5.74) is 3.08. The summed E-state index contributed by atoms with van der Waals surface area (Å²) in [5.74, 6) is 0.621. The molecule has 8 nitrogen and oxygen atoms in total. The highest BCUT2D eigenvalue weighted by Crippen LogP contribution is 2.27. The van der Waals surface area contributed by atoms with Gasteiger partial charge in [0.05, 0.1) is 12.2 Å². The van der Waals surface area contributed by atoms with Gasteiger partial charge in [-0.15, -0.1) is 0 Å². The number of hydrogen-bond acceptors (Lipinski definition) is 7. The van der Waals surface area contributed by atoms with Gasteiger partial charge >= 0.3 is 0 Å². The molecule has 0 radical (unpaired) electrons. The number of amides is 1. The lowest BCUT2D eigenvalue weighted by molar-refractivity contribution is -0.0139. The second-order valence-corrected chi connectivity index (χ2v) is 9.77. The smallest absolute Gasteiger partial charge is 0.272 e. The first-order valence-corrected chi connectivity index (χ1v) is 12.4. The molecule has 1 saturated heterocycles. The molecular weight excluding hydrogens is 428 g/mol. The van der Waals surface area contributed by atoms with Crippen molar-refractivity contribution in [2.24, 2.45) is 5.92 Å². The number of fused-ring (bicyclic) bond motifs is 1. The standard InChI is InChI=1S/C26H32N6O2/c27-14-18-5-7-21(8-6-18)30-25-13-22(28-17-29-25)26(34)32-12-10-23(24(33)16-32)31-11-9-19-3-1-2-4-20(19)15-31/h1-4,13,17-18,21,23-24,33H,5-12,15-16H2,(H,28,29,30). The van der Waals surface area contributed by atoms with Crippen molar-refractivity contribution >= 4 is 11.7 Å². The van der Waals surface area contributed by atoms with E-state index in [-0.39, 0.29) is 23.9 Å². The van der Waals surface area contributed by atoms with Crippen LogP contribution in [0.2, 0.25) is 0 Å². The van der Waals surface area contributed by atoms with E-state index in [1.165, 1.54) is 17.5 Å². The van der Waals surface area contributed by atoms with Crippen LogP contribution < -0.4 is 5.32 Å². The Hall–Kier alpha value is -3.02. The van der Waals surface area contributed by atoms with E-state index in [4.69, 9.17) is 5.26 Å². The molecule has 2 fully saturated rings. The predicted molar refractivity (Wildman–Crippen MR) is 128 cm³/mol. The molecule has 3 heterocycles. The molecule has 2 aromatic rings. The molecule has 8 heteroatoms. The molecule has 0 spiro atoms. The molecule has 0 bridgehead atoms. The SMILES string of the molecule is N#CC1CCC(Nc2cc(C(=O)N3CCC(N4CCc5ccccc5C4)C(O)C3)ncn2)CC1. The maximum Gasteiger partial charge on any atom is 0.272 e. The fraction of sp³-hybridized carbons (Fsp3) is 0.538. The zero-order valence-electron chi connectivity index (χ0n) is 19.4. The van der Waals surface area contributed by atoms with E-state index >= 15 is 0 Å². The van der Waals surface area contributed by atoms with Crippen LogP contribution in [0.5, 0.6) is 0 Å². The van der Waals surface area contributed by atoms with E-state index in [0.717, 1.165) is 51.6 Å². The molecular formula is C26H32N6O2. The van der Waals surface area contributed by atoms with Crippen molar-refractivity contribution in [3.05, 3.63) is 53.5 Å². The van der Waals surface area contributed by atoms with Crippen molar-refractivity contribution < 1.29 is 9.90 Å². The Morgan fingerprint density at radius 2 is 1.88 bits per heavy atom. The highest BCUT2D eigenvalue weighted by atomic mass is 16.3. The van der Waals surface area contributed by atoms with Crippen LogP contribution in [0.25, 0.3) is 0 Å². The number of hydrogen-bond donors (Lipinski definition) is 2. The number of aliphatic hydroxyl groups excluding tert-OH is 1. The Kier molecular flexibility index (Phi) is 6.75. The normalized spacial score (nSPS) is 27.5. The number of carbonyl (C=O) groups is 1. The molecule has 1 amide bonds. The monoisotopic (exact) mass is 460 g/mol. The van der Waals surface area contributed by atoms with Gasteiger partial charge in [-0.2, -0.15) is 5.26 Å². The maximum atomic E-state index is 13.2. The van der Waals surface area contributed by atoms with Gasteiger partial charge in [0.25, 0.3) is 5.91 Å². The van der Waals surface area contributed by atoms with Gasteiger partial charge in [-0.1, -0.05) is 24.3 Å². The quantitative estimate of drug-likeness (QED) is 0.722. The number of piperidine rings is 1. The summed E-state index contributed by atoms with van der Waals surface area (Å²) in [6.07, 6.45) is 6.20. The third-order valence-electron chi connectivity index (χ3n) is 7.61. The molecule has 34 heavy (non-hydrogen) atoms.